The summed E-state index contributed by atoms with van der Waals surface area (Å²) < 4.78 is 7.93. The Bertz CT molecular complexity index is 1790. The van der Waals surface area contributed by atoms with E-state index in [0.717, 1.165) is 89.6 Å². The maximum Gasteiger partial charge on any atom is 0.410 e. The second-order valence-electron chi connectivity index (χ2n) is 15.4. The van der Waals surface area contributed by atoms with Gasteiger partial charge in [-0.05, 0) is 69.6 Å². The topological polar surface area (TPSA) is 117 Å². The van der Waals surface area contributed by atoms with Gasteiger partial charge < -0.3 is 19.4 Å². The number of nitrogens with zero attached hydrogens (tertiary/aromatic N) is 5. The number of carbonyl (C=O) groups excluding carboxylic acids is 1. The first-order valence-corrected chi connectivity index (χ1v) is 17.6. The van der Waals surface area contributed by atoms with Crippen LogP contribution in [0, 0.1) is 0 Å². The van der Waals surface area contributed by atoms with Gasteiger partial charge in [0.2, 0.25) is 0 Å². The molecule has 2 amide bonds. The number of amides is 2. The van der Waals surface area contributed by atoms with Crippen molar-refractivity contribution in [2.24, 2.45) is 0 Å². The minimum Gasteiger partial charge on any atom is -0.465 e. The molecule has 4 aromatic rings. The Balaban J connectivity index is 1.23. The zero-order valence-corrected chi connectivity index (χ0v) is 29.9. The highest BCUT2D eigenvalue weighted by molar-refractivity contribution is 5.73. The van der Waals surface area contributed by atoms with Crippen LogP contribution in [0.2, 0.25) is 0 Å². The normalized spacial score (nSPS) is 18.3. The lowest BCUT2D eigenvalue weighted by Gasteiger charge is -2.27. The lowest BCUT2D eigenvalue weighted by Crippen LogP contribution is -2.36. The van der Waals surface area contributed by atoms with Crippen LogP contribution in [-0.2, 0) is 16.7 Å². The number of likely N-dealkylation sites (tertiary alicyclic amines) is 2. The van der Waals surface area contributed by atoms with Crippen molar-refractivity contribution in [1.29, 1.82) is 0 Å². The highest BCUT2D eigenvalue weighted by Crippen LogP contribution is 2.40. The molecule has 10 heteroatoms. The van der Waals surface area contributed by atoms with Gasteiger partial charge in [-0.25, -0.2) is 19.6 Å². The van der Waals surface area contributed by atoms with Crippen LogP contribution in [0.4, 0.5) is 9.59 Å². The Morgan fingerprint density at radius 1 is 0.857 bits per heavy atom. The van der Waals surface area contributed by atoms with E-state index >= 15 is 0 Å². The van der Waals surface area contributed by atoms with Crippen molar-refractivity contribution >= 4 is 12.2 Å². The number of hydrogen-bond donors (Lipinski definition) is 2. The van der Waals surface area contributed by atoms with Gasteiger partial charge in [0.05, 0.1) is 35.4 Å². The number of hydrogen-bond acceptors (Lipinski definition) is 5. The van der Waals surface area contributed by atoms with Crippen molar-refractivity contribution in [3.8, 4) is 33.6 Å². The molecule has 4 heterocycles. The van der Waals surface area contributed by atoms with Gasteiger partial charge in [0.15, 0.2) is 0 Å². The van der Waals surface area contributed by atoms with Crippen LogP contribution in [0.5, 0.6) is 0 Å². The minimum atomic E-state index is -0.880. The molecule has 2 N–H and O–H groups in total. The standard InChI is InChI=1S/C39H50N6O4/c1-8-21-45-33(38(2,3)4)32(42-35(45)31-12-10-22-43(31)36(46)47)28-19-15-26(16-20-28)25-13-17-27(18-14-25)29-24-40-34(41-29)30-11-9-23-44(30)37(48)49-39(5,6)7/h13-20,24,30-31H,8-12,21-23H2,1-7H3,(H,40,41)(H,46,47)/t30-,31-/m0/s1. The molecule has 0 saturated carbocycles. The highest BCUT2D eigenvalue weighted by atomic mass is 16.6. The molecule has 2 atom stereocenters. The van der Waals surface area contributed by atoms with Crippen molar-refractivity contribution in [3.05, 3.63) is 72.1 Å². The SMILES string of the molecule is CCCn1c([C@@H]2CCCN2C(=O)O)nc(-c2ccc(-c3ccc(-c4cnc([C@@H]5CCCN5C(=O)OC(C)(C)C)[nH]4)cc3)cc2)c1C(C)(C)C. The van der Waals surface area contributed by atoms with Crippen molar-refractivity contribution in [1.82, 2.24) is 29.3 Å². The number of benzene rings is 2. The van der Waals surface area contributed by atoms with E-state index in [1.807, 2.05) is 27.0 Å². The Labute approximate surface area is 289 Å². The van der Waals surface area contributed by atoms with E-state index in [9.17, 15) is 14.7 Å². The van der Waals surface area contributed by atoms with E-state index in [1.165, 1.54) is 0 Å². The van der Waals surface area contributed by atoms with Crippen LogP contribution >= 0.6 is 0 Å². The molecule has 2 aliphatic rings. The highest BCUT2D eigenvalue weighted by Gasteiger charge is 2.37. The third-order valence-corrected chi connectivity index (χ3v) is 9.43. The fraction of sp³-hybridized carbons (Fsp3) is 0.487. The van der Waals surface area contributed by atoms with Crippen LogP contribution in [0.15, 0.2) is 54.7 Å². The fourth-order valence-corrected chi connectivity index (χ4v) is 7.31. The number of carboxylic acid groups (broad SMARTS) is 1. The Kier molecular flexibility index (Phi) is 9.35. The van der Waals surface area contributed by atoms with E-state index < -0.39 is 11.7 Å². The van der Waals surface area contributed by atoms with Gasteiger partial charge >= 0.3 is 12.2 Å². The molecular formula is C39H50N6O4. The minimum absolute atomic E-state index is 0.126. The fourth-order valence-electron chi connectivity index (χ4n) is 7.31. The average molecular weight is 667 g/mol. The lowest BCUT2D eigenvalue weighted by molar-refractivity contribution is 0.0218. The first kappa shape index (κ1) is 34.3. The van der Waals surface area contributed by atoms with Crippen LogP contribution in [0.3, 0.4) is 0 Å². The summed E-state index contributed by atoms with van der Waals surface area (Å²) in [7, 11) is 0. The average Bonchev–Trinajstić information content (AvgIpc) is 3.85. The zero-order valence-electron chi connectivity index (χ0n) is 29.9. The summed E-state index contributed by atoms with van der Waals surface area (Å²) in [4.78, 5) is 41.6. The summed E-state index contributed by atoms with van der Waals surface area (Å²) in [6.07, 6.45) is 4.99. The van der Waals surface area contributed by atoms with Crippen LogP contribution < -0.4 is 0 Å². The molecule has 2 fully saturated rings. The van der Waals surface area contributed by atoms with Crippen LogP contribution in [0.1, 0.15) is 110 Å². The smallest absolute Gasteiger partial charge is 0.410 e. The molecular weight excluding hydrogens is 616 g/mol. The van der Waals surface area contributed by atoms with Gasteiger partial charge in [-0.1, -0.05) is 76.2 Å². The number of carbonyl (C=O) groups is 2. The van der Waals surface area contributed by atoms with Gasteiger partial charge in [-0.2, -0.15) is 0 Å². The van der Waals surface area contributed by atoms with Gasteiger partial charge in [0.25, 0.3) is 0 Å². The van der Waals surface area contributed by atoms with Gasteiger partial charge in [-0.3, -0.25) is 9.80 Å². The van der Waals surface area contributed by atoms with Crippen molar-refractivity contribution in [2.45, 2.75) is 110 Å². The summed E-state index contributed by atoms with van der Waals surface area (Å²) in [5.41, 5.74) is 6.49. The summed E-state index contributed by atoms with van der Waals surface area (Å²) >= 11 is 0. The summed E-state index contributed by atoms with van der Waals surface area (Å²) in [6, 6.07) is 16.6. The molecule has 2 saturated heterocycles. The number of H-pyrrole nitrogens is 1. The molecule has 2 aromatic heterocycles. The monoisotopic (exact) mass is 666 g/mol. The van der Waals surface area contributed by atoms with Gasteiger partial charge in [-0.15, -0.1) is 0 Å². The molecule has 49 heavy (non-hydrogen) atoms. The summed E-state index contributed by atoms with van der Waals surface area (Å²) in [6.45, 7) is 16.4. The third-order valence-electron chi connectivity index (χ3n) is 9.43. The number of ether oxygens (including phenoxy) is 1. The molecule has 0 radical (unpaired) electrons. The molecule has 6 rings (SSSR count). The first-order valence-electron chi connectivity index (χ1n) is 17.6. The molecule has 0 bridgehead atoms. The number of rotatable bonds is 7. The third kappa shape index (κ3) is 7.09. The van der Waals surface area contributed by atoms with Crippen LogP contribution in [0.25, 0.3) is 33.6 Å². The van der Waals surface area contributed by atoms with E-state index in [0.29, 0.717) is 13.1 Å². The second-order valence-corrected chi connectivity index (χ2v) is 15.4. The Morgan fingerprint density at radius 3 is 2.00 bits per heavy atom. The molecule has 260 valence electrons. The molecule has 2 aliphatic heterocycles. The van der Waals surface area contributed by atoms with Crippen molar-refractivity contribution in [2.75, 3.05) is 13.1 Å². The quantitative estimate of drug-likeness (QED) is 0.203. The molecule has 10 nitrogen and oxygen atoms in total. The van der Waals surface area contributed by atoms with Gasteiger partial charge in [0.1, 0.15) is 17.2 Å². The van der Waals surface area contributed by atoms with Crippen molar-refractivity contribution in [3.63, 3.8) is 0 Å². The maximum absolute atomic E-state index is 12.8. The first-order chi connectivity index (χ1) is 23.2. The van der Waals surface area contributed by atoms with E-state index in [-0.39, 0.29) is 23.6 Å². The number of nitrogens with one attached hydrogen (secondary N) is 1. The number of aromatic amines is 1. The van der Waals surface area contributed by atoms with Gasteiger partial charge in [0, 0.05) is 30.6 Å². The predicted octanol–water partition coefficient (Wildman–Crippen LogP) is 9.20. The summed E-state index contributed by atoms with van der Waals surface area (Å²) in [5.74, 6) is 1.63. The number of imidazole rings is 2. The Morgan fingerprint density at radius 2 is 1.43 bits per heavy atom. The molecule has 0 unspecified atom stereocenters. The maximum atomic E-state index is 12.8. The molecule has 0 spiro atoms. The second kappa shape index (κ2) is 13.4. The van der Waals surface area contributed by atoms with Crippen LogP contribution in [-0.4, -0.2) is 65.3 Å². The van der Waals surface area contributed by atoms with Crippen molar-refractivity contribution < 1.29 is 19.4 Å². The molecule has 2 aromatic carbocycles. The van der Waals surface area contributed by atoms with E-state index in [1.54, 1.807) is 9.80 Å². The number of aromatic nitrogens is 4. The van der Waals surface area contributed by atoms with E-state index in [4.69, 9.17) is 9.72 Å². The molecule has 0 aliphatic carbocycles. The predicted molar refractivity (Wildman–Crippen MR) is 191 cm³/mol. The Hall–Kier alpha value is -4.60. The largest absolute Gasteiger partial charge is 0.465 e. The van der Waals surface area contributed by atoms with E-state index in [2.05, 4.69) is 90.8 Å². The lowest BCUT2D eigenvalue weighted by atomic mass is 9.88. The summed E-state index contributed by atoms with van der Waals surface area (Å²) in [5, 5.41) is 9.91. The zero-order chi connectivity index (χ0) is 35.1.